The van der Waals surface area contributed by atoms with E-state index in [1.807, 2.05) is 18.2 Å². The highest BCUT2D eigenvalue weighted by atomic mass is 32.2. The van der Waals surface area contributed by atoms with Crippen molar-refractivity contribution in [2.24, 2.45) is 0 Å². The van der Waals surface area contributed by atoms with Crippen LogP contribution in [0.3, 0.4) is 0 Å². The summed E-state index contributed by atoms with van der Waals surface area (Å²) in [6, 6.07) is 0. The van der Waals surface area contributed by atoms with Crippen LogP contribution in [-0.4, -0.2) is 20.4 Å². The molecule has 0 amide bonds. The Kier molecular flexibility index (Phi) is 2.49. The molecule has 0 aliphatic heterocycles. The number of hydrogen-bond acceptors (Lipinski definition) is 2. The van der Waals surface area contributed by atoms with Gasteiger partial charge in [0, 0.05) is 6.26 Å². The molecule has 0 bridgehead atoms. The molecule has 0 unspecified atom stereocenters. The van der Waals surface area contributed by atoms with E-state index in [0.717, 1.165) is 18.4 Å². The van der Waals surface area contributed by atoms with Crippen molar-refractivity contribution in [3.8, 4) is 0 Å². The van der Waals surface area contributed by atoms with E-state index in [0.29, 0.717) is 0 Å². The normalized spacial score (nSPS) is 18.1. The fourth-order valence-electron chi connectivity index (χ4n) is 1.08. The first-order valence-corrected chi connectivity index (χ1v) is 5.67. The van der Waals surface area contributed by atoms with Crippen LogP contribution in [0.5, 0.6) is 0 Å². The van der Waals surface area contributed by atoms with Crippen LogP contribution in [0.1, 0.15) is 12.8 Å². The van der Waals surface area contributed by atoms with E-state index < -0.39 is 9.84 Å². The summed E-state index contributed by atoms with van der Waals surface area (Å²) >= 11 is 0. The molecule has 0 radical (unpaired) electrons. The van der Waals surface area contributed by atoms with E-state index in [1.54, 1.807) is 0 Å². The van der Waals surface area contributed by atoms with Crippen molar-refractivity contribution in [1.29, 1.82) is 0 Å². The van der Waals surface area contributed by atoms with Gasteiger partial charge in [-0.25, -0.2) is 8.42 Å². The molecule has 0 aromatic carbocycles. The monoisotopic (exact) mass is 172 g/mol. The molecule has 0 aromatic rings. The molecule has 3 heteroatoms. The molecule has 0 atom stereocenters. The Bertz CT molecular complexity index is 283. The fourth-order valence-corrected chi connectivity index (χ4v) is 1.90. The predicted octanol–water partition coefficient (Wildman–Crippen LogP) is 1.31. The molecule has 0 aromatic heterocycles. The van der Waals surface area contributed by atoms with E-state index in [1.165, 1.54) is 6.26 Å². The van der Waals surface area contributed by atoms with E-state index in [4.69, 9.17) is 0 Å². The molecular weight excluding hydrogens is 160 g/mol. The lowest BCUT2D eigenvalue weighted by Crippen LogP contribution is -2.05. The zero-order chi connectivity index (χ0) is 8.32. The molecule has 1 aliphatic carbocycles. The molecule has 0 spiro atoms. The smallest absolute Gasteiger partial charge is 0.151 e. The highest BCUT2D eigenvalue weighted by molar-refractivity contribution is 7.90. The summed E-state index contributed by atoms with van der Waals surface area (Å²) in [6.45, 7) is 0. The summed E-state index contributed by atoms with van der Waals surface area (Å²) < 4.78 is 21.6. The van der Waals surface area contributed by atoms with E-state index in [-0.39, 0.29) is 5.75 Å². The molecule has 0 saturated carbocycles. The van der Waals surface area contributed by atoms with Gasteiger partial charge in [-0.05, 0) is 18.4 Å². The van der Waals surface area contributed by atoms with Crippen molar-refractivity contribution in [3.63, 3.8) is 0 Å². The molecule has 0 heterocycles. The zero-order valence-electron chi connectivity index (χ0n) is 6.58. The number of allylic oxidation sites excluding steroid dienone is 3. The van der Waals surface area contributed by atoms with Crippen molar-refractivity contribution in [2.45, 2.75) is 12.8 Å². The van der Waals surface area contributed by atoms with Crippen LogP contribution < -0.4 is 0 Å². The van der Waals surface area contributed by atoms with Crippen LogP contribution in [0.15, 0.2) is 23.8 Å². The van der Waals surface area contributed by atoms with Gasteiger partial charge in [0.1, 0.15) is 0 Å². The number of sulfone groups is 1. The second-order valence-corrected chi connectivity index (χ2v) is 4.97. The van der Waals surface area contributed by atoms with Gasteiger partial charge in [-0.2, -0.15) is 0 Å². The average molecular weight is 172 g/mol. The largest absolute Gasteiger partial charge is 0.229 e. The van der Waals surface area contributed by atoms with Crippen molar-refractivity contribution in [3.05, 3.63) is 23.8 Å². The molecule has 0 N–H and O–H groups in total. The van der Waals surface area contributed by atoms with Crippen LogP contribution in [0.4, 0.5) is 0 Å². The summed E-state index contributed by atoms with van der Waals surface area (Å²) in [4.78, 5) is 0. The summed E-state index contributed by atoms with van der Waals surface area (Å²) in [5.41, 5.74) is 0.929. The summed E-state index contributed by atoms with van der Waals surface area (Å²) in [6.07, 6.45) is 9.16. The Labute approximate surface area is 67.5 Å². The van der Waals surface area contributed by atoms with Crippen LogP contribution in [0.2, 0.25) is 0 Å². The summed E-state index contributed by atoms with van der Waals surface area (Å²) in [5, 5.41) is 0. The second kappa shape index (κ2) is 3.22. The first-order valence-electron chi connectivity index (χ1n) is 3.61. The zero-order valence-corrected chi connectivity index (χ0v) is 7.39. The maximum atomic E-state index is 10.8. The molecule has 11 heavy (non-hydrogen) atoms. The minimum atomic E-state index is -2.84. The van der Waals surface area contributed by atoms with Gasteiger partial charge in [0.05, 0.1) is 5.75 Å². The molecular formula is C8H12O2S. The van der Waals surface area contributed by atoms with Gasteiger partial charge in [-0.15, -0.1) is 0 Å². The van der Waals surface area contributed by atoms with Gasteiger partial charge < -0.3 is 0 Å². The number of hydrogen-bond donors (Lipinski definition) is 0. The highest BCUT2D eigenvalue weighted by Crippen LogP contribution is 2.10. The third-order valence-electron chi connectivity index (χ3n) is 1.50. The fraction of sp³-hybridized carbons (Fsp3) is 0.500. The van der Waals surface area contributed by atoms with Gasteiger partial charge in [0.2, 0.25) is 0 Å². The summed E-state index contributed by atoms with van der Waals surface area (Å²) in [7, 11) is -2.84. The van der Waals surface area contributed by atoms with Crippen molar-refractivity contribution in [1.82, 2.24) is 0 Å². The topological polar surface area (TPSA) is 34.1 Å². The van der Waals surface area contributed by atoms with Crippen LogP contribution in [0, 0.1) is 0 Å². The van der Waals surface area contributed by atoms with Gasteiger partial charge in [0.25, 0.3) is 0 Å². The van der Waals surface area contributed by atoms with Gasteiger partial charge >= 0.3 is 0 Å². The molecule has 1 aliphatic rings. The molecule has 0 fully saturated rings. The molecule has 1 rings (SSSR count). The highest BCUT2D eigenvalue weighted by Gasteiger charge is 2.05. The first kappa shape index (κ1) is 8.53. The average Bonchev–Trinajstić information content (AvgIpc) is 1.85. The lowest BCUT2D eigenvalue weighted by Gasteiger charge is -2.04. The molecule has 2 nitrogen and oxygen atoms in total. The third-order valence-corrected chi connectivity index (χ3v) is 2.36. The molecule has 62 valence electrons. The Morgan fingerprint density at radius 2 is 2.18 bits per heavy atom. The second-order valence-electron chi connectivity index (χ2n) is 2.83. The lowest BCUT2D eigenvalue weighted by molar-refractivity contribution is 0.604. The Morgan fingerprint density at radius 3 is 2.64 bits per heavy atom. The minimum absolute atomic E-state index is 0.184. The van der Waals surface area contributed by atoms with Gasteiger partial charge in [0.15, 0.2) is 9.84 Å². The minimum Gasteiger partial charge on any atom is -0.229 e. The van der Waals surface area contributed by atoms with E-state index in [9.17, 15) is 8.42 Å². The Balaban J connectivity index is 2.64. The Morgan fingerprint density at radius 1 is 1.45 bits per heavy atom. The van der Waals surface area contributed by atoms with E-state index >= 15 is 0 Å². The summed E-state index contributed by atoms with van der Waals surface area (Å²) in [5.74, 6) is 0.184. The predicted molar refractivity (Wildman–Crippen MR) is 46.2 cm³/mol. The first-order chi connectivity index (χ1) is 5.08. The maximum absolute atomic E-state index is 10.8. The Hall–Kier alpha value is -0.570. The van der Waals surface area contributed by atoms with Crippen LogP contribution >= 0.6 is 0 Å². The quantitative estimate of drug-likeness (QED) is 0.629. The van der Waals surface area contributed by atoms with Crippen LogP contribution in [-0.2, 0) is 9.84 Å². The number of rotatable bonds is 2. The SMILES string of the molecule is CS(=O)(=O)CC1=CCCC=C1. The van der Waals surface area contributed by atoms with Crippen molar-refractivity contribution < 1.29 is 8.42 Å². The van der Waals surface area contributed by atoms with Crippen LogP contribution in [0.25, 0.3) is 0 Å². The standard InChI is InChI=1S/C8H12O2S/c1-11(9,10)7-8-5-3-2-4-6-8/h3,5-6H,2,4,7H2,1H3. The van der Waals surface area contributed by atoms with Gasteiger partial charge in [-0.1, -0.05) is 18.2 Å². The van der Waals surface area contributed by atoms with Gasteiger partial charge in [-0.3, -0.25) is 0 Å². The molecule has 0 saturated heterocycles. The van der Waals surface area contributed by atoms with Crippen molar-refractivity contribution >= 4 is 9.84 Å². The third kappa shape index (κ3) is 3.37. The van der Waals surface area contributed by atoms with E-state index in [2.05, 4.69) is 0 Å². The maximum Gasteiger partial charge on any atom is 0.151 e. The lowest BCUT2D eigenvalue weighted by atomic mass is 10.1. The van der Waals surface area contributed by atoms with Crippen molar-refractivity contribution in [2.75, 3.05) is 12.0 Å².